The van der Waals surface area contributed by atoms with E-state index < -0.39 is 0 Å². The fourth-order valence-electron chi connectivity index (χ4n) is 1.86. The van der Waals surface area contributed by atoms with Crippen LogP contribution in [0.4, 0.5) is 11.6 Å². The smallest absolute Gasteiger partial charge is 0.148 e. The summed E-state index contributed by atoms with van der Waals surface area (Å²) in [5, 5.41) is 3.34. The molecule has 0 aliphatic rings. The summed E-state index contributed by atoms with van der Waals surface area (Å²) in [6.45, 7) is 6.88. The average Bonchev–Trinajstić information content (AvgIpc) is 2.81. The van der Waals surface area contributed by atoms with Crippen LogP contribution in [0.5, 0.6) is 0 Å². The van der Waals surface area contributed by atoms with Crippen molar-refractivity contribution in [3.63, 3.8) is 0 Å². The molecule has 0 radical (unpaired) electrons. The molecule has 102 valence electrons. The van der Waals surface area contributed by atoms with Crippen LogP contribution in [0.15, 0.2) is 11.8 Å². The summed E-state index contributed by atoms with van der Waals surface area (Å²) in [6, 6.07) is 0. The van der Waals surface area contributed by atoms with Crippen molar-refractivity contribution in [1.29, 1.82) is 0 Å². The van der Waals surface area contributed by atoms with Gasteiger partial charge in [0.2, 0.25) is 0 Å². The van der Waals surface area contributed by atoms with Crippen molar-refractivity contribution in [3.8, 4) is 0 Å². The van der Waals surface area contributed by atoms with Gasteiger partial charge in [0.15, 0.2) is 0 Å². The minimum absolute atomic E-state index is 0.275. The minimum atomic E-state index is 0.275. The van der Waals surface area contributed by atoms with Crippen molar-refractivity contribution < 1.29 is 0 Å². The van der Waals surface area contributed by atoms with Gasteiger partial charge in [-0.05, 0) is 12.8 Å². The fraction of sp³-hybridized carbons (Fsp3) is 0.417. The molecule has 0 saturated carbocycles. The highest BCUT2D eigenvalue weighted by atomic mass is 32.1. The van der Waals surface area contributed by atoms with Crippen molar-refractivity contribution in [2.75, 3.05) is 10.7 Å². The molecule has 7 heteroatoms. The molecule has 2 heterocycles. The number of rotatable bonds is 5. The van der Waals surface area contributed by atoms with E-state index in [9.17, 15) is 0 Å². The van der Waals surface area contributed by atoms with Crippen LogP contribution < -0.4 is 16.6 Å². The van der Waals surface area contributed by atoms with Crippen molar-refractivity contribution in [3.05, 3.63) is 28.0 Å². The summed E-state index contributed by atoms with van der Waals surface area (Å²) in [4.78, 5) is 13.9. The van der Waals surface area contributed by atoms with Crippen LogP contribution in [-0.2, 0) is 6.54 Å². The van der Waals surface area contributed by atoms with Gasteiger partial charge in [0, 0.05) is 10.4 Å². The van der Waals surface area contributed by atoms with Gasteiger partial charge in [-0.15, -0.1) is 11.3 Å². The Morgan fingerprint density at radius 1 is 1.26 bits per heavy atom. The van der Waals surface area contributed by atoms with E-state index >= 15 is 0 Å². The molecular formula is C12H18N6S. The molecule has 0 fully saturated rings. The number of nitrogens with zero attached hydrogens (tertiary/aromatic N) is 3. The van der Waals surface area contributed by atoms with Crippen LogP contribution in [0.3, 0.4) is 0 Å². The quantitative estimate of drug-likeness (QED) is 0.574. The molecule has 6 nitrogen and oxygen atoms in total. The van der Waals surface area contributed by atoms with Gasteiger partial charge < -0.3 is 10.7 Å². The number of hydrazine groups is 1. The molecular weight excluding hydrogens is 260 g/mol. The lowest BCUT2D eigenvalue weighted by Crippen LogP contribution is -2.15. The minimum Gasteiger partial charge on any atom is -0.365 e. The molecule has 0 unspecified atom stereocenters. The van der Waals surface area contributed by atoms with Crippen molar-refractivity contribution >= 4 is 23.0 Å². The molecule has 0 bridgehead atoms. The number of aromatic nitrogens is 3. The standard InChI is InChI=1S/C12H18N6S/c1-7(2)10-11(15-5-16-12(10)18-13)14-4-9-8(3)17-6-19-9/h5-7H,4,13H2,1-3H3,(H2,14,15,16,18). The first-order valence-corrected chi connectivity index (χ1v) is 6.95. The van der Waals surface area contributed by atoms with Crippen LogP contribution in [-0.4, -0.2) is 15.0 Å². The molecule has 2 rings (SSSR count). The normalized spacial score (nSPS) is 10.8. The number of anilines is 2. The molecule has 4 N–H and O–H groups in total. The van der Waals surface area contributed by atoms with E-state index in [-0.39, 0.29) is 5.92 Å². The molecule has 0 saturated heterocycles. The summed E-state index contributed by atoms with van der Waals surface area (Å²) in [7, 11) is 0. The monoisotopic (exact) mass is 278 g/mol. The first-order chi connectivity index (χ1) is 9.13. The number of nitrogen functional groups attached to an aromatic ring is 1. The second-order valence-corrected chi connectivity index (χ2v) is 5.44. The maximum atomic E-state index is 5.50. The highest BCUT2D eigenvalue weighted by Crippen LogP contribution is 2.28. The van der Waals surface area contributed by atoms with Crippen LogP contribution in [0, 0.1) is 6.92 Å². The maximum absolute atomic E-state index is 5.50. The largest absolute Gasteiger partial charge is 0.365 e. The molecule has 0 atom stereocenters. The van der Waals surface area contributed by atoms with Gasteiger partial charge in [-0.25, -0.2) is 20.8 Å². The van der Waals surface area contributed by atoms with Crippen molar-refractivity contribution in [2.24, 2.45) is 5.84 Å². The van der Waals surface area contributed by atoms with Crippen molar-refractivity contribution in [2.45, 2.75) is 33.2 Å². The Morgan fingerprint density at radius 3 is 2.58 bits per heavy atom. The number of hydrogen-bond donors (Lipinski definition) is 3. The first-order valence-electron chi connectivity index (χ1n) is 6.07. The zero-order valence-corrected chi connectivity index (χ0v) is 12.1. The number of nitrogens with one attached hydrogen (secondary N) is 2. The number of thiazole rings is 1. The van der Waals surface area contributed by atoms with E-state index in [0.29, 0.717) is 12.4 Å². The number of hydrogen-bond acceptors (Lipinski definition) is 7. The Balaban J connectivity index is 2.22. The third-order valence-electron chi connectivity index (χ3n) is 2.86. The van der Waals surface area contributed by atoms with E-state index in [1.807, 2.05) is 12.4 Å². The fourth-order valence-corrected chi connectivity index (χ4v) is 2.58. The third kappa shape index (κ3) is 2.99. The van der Waals surface area contributed by atoms with E-state index in [1.165, 1.54) is 11.2 Å². The van der Waals surface area contributed by atoms with Crippen LogP contribution in [0.2, 0.25) is 0 Å². The molecule has 0 aliphatic heterocycles. The highest BCUT2D eigenvalue weighted by molar-refractivity contribution is 7.09. The van der Waals surface area contributed by atoms with Gasteiger partial charge in [-0.1, -0.05) is 13.8 Å². The second kappa shape index (κ2) is 5.94. The lowest BCUT2D eigenvalue weighted by molar-refractivity contribution is 0.845. The zero-order valence-electron chi connectivity index (χ0n) is 11.3. The Hall–Kier alpha value is -1.73. The highest BCUT2D eigenvalue weighted by Gasteiger charge is 2.14. The third-order valence-corrected chi connectivity index (χ3v) is 3.79. The number of nitrogens with two attached hydrogens (primary N) is 1. The summed E-state index contributed by atoms with van der Waals surface area (Å²) in [5.74, 6) is 7.24. The van der Waals surface area contributed by atoms with Crippen LogP contribution in [0.1, 0.15) is 35.9 Å². The lowest BCUT2D eigenvalue weighted by atomic mass is 10.0. The second-order valence-electron chi connectivity index (χ2n) is 4.50. The summed E-state index contributed by atoms with van der Waals surface area (Å²) < 4.78 is 0. The Morgan fingerprint density at radius 2 is 2.00 bits per heavy atom. The Kier molecular flexibility index (Phi) is 4.28. The molecule has 0 aromatic carbocycles. The van der Waals surface area contributed by atoms with Gasteiger partial charge in [-0.2, -0.15) is 0 Å². The van der Waals surface area contributed by atoms with Crippen LogP contribution in [0.25, 0.3) is 0 Å². The molecule has 0 spiro atoms. The first kappa shape index (κ1) is 13.7. The van der Waals surface area contributed by atoms with E-state index in [4.69, 9.17) is 5.84 Å². The zero-order chi connectivity index (χ0) is 13.8. The molecule has 0 aliphatic carbocycles. The molecule has 2 aromatic heterocycles. The molecule has 2 aromatic rings. The summed E-state index contributed by atoms with van der Waals surface area (Å²) >= 11 is 1.64. The summed E-state index contributed by atoms with van der Waals surface area (Å²) in [5.41, 5.74) is 6.51. The predicted octanol–water partition coefficient (Wildman–Crippen LogP) is 2.26. The van der Waals surface area contributed by atoms with Crippen molar-refractivity contribution in [1.82, 2.24) is 15.0 Å². The van der Waals surface area contributed by atoms with Gasteiger partial charge in [0.25, 0.3) is 0 Å². The van der Waals surface area contributed by atoms with Gasteiger partial charge in [-0.3, -0.25) is 0 Å². The van der Waals surface area contributed by atoms with E-state index in [2.05, 4.69) is 39.5 Å². The van der Waals surface area contributed by atoms with Gasteiger partial charge >= 0.3 is 0 Å². The Labute approximate surface area is 116 Å². The van der Waals surface area contributed by atoms with E-state index in [1.54, 1.807) is 11.3 Å². The number of aryl methyl sites for hydroxylation is 1. The topological polar surface area (TPSA) is 88.8 Å². The maximum Gasteiger partial charge on any atom is 0.148 e. The van der Waals surface area contributed by atoms with Gasteiger partial charge in [0.05, 0.1) is 17.7 Å². The predicted molar refractivity (Wildman–Crippen MR) is 78.1 cm³/mol. The molecule has 0 amide bonds. The Bertz CT molecular complexity index is 551. The average molecular weight is 278 g/mol. The van der Waals surface area contributed by atoms with Crippen LogP contribution >= 0.6 is 11.3 Å². The van der Waals surface area contributed by atoms with E-state index in [0.717, 1.165) is 17.1 Å². The summed E-state index contributed by atoms with van der Waals surface area (Å²) in [6.07, 6.45) is 1.50. The lowest BCUT2D eigenvalue weighted by Gasteiger charge is -2.16. The van der Waals surface area contributed by atoms with Gasteiger partial charge in [0.1, 0.15) is 18.0 Å². The SMILES string of the molecule is Cc1ncsc1CNc1ncnc(NN)c1C(C)C. The molecule has 19 heavy (non-hydrogen) atoms.